The maximum Gasteiger partial charge on any atom is 0.339 e. The molecule has 1 aliphatic heterocycles. The van der Waals surface area contributed by atoms with Crippen molar-refractivity contribution >= 4 is 16.0 Å². The number of aromatic hydroxyl groups is 1. The maximum absolute atomic E-state index is 12.8. The molecule has 1 aromatic carbocycles. The monoisotopic (exact) mass is 311 g/mol. The van der Waals surface area contributed by atoms with E-state index in [-0.39, 0.29) is 16.5 Å². The number of hydrogen-bond donors (Lipinski definition) is 2. The van der Waals surface area contributed by atoms with Gasteiger partial charge in [-0.1, -0.05) is 0 Å². The van der Waals surface area contributed by atoms with Crippen LogP contribution in [-0.2, 0) is 10.0 Å². The zero-order valence-electron chi connectivity index (χ0n) is 11.6. The van der Waals surface area contributed by atoms with Crippen molar-refractivity contribution in [2.75, 3.05) is 6.54 Å². The Hall–Kier alpha value is -1.60. The summed E-state index contributed by atoms with van der Waals surface area (Å²) in [7, 11) is -3.71. The number of phenols is 1. The molecule has 0 aromatic heterocycles. The summed E-state index contributed by atoms with van der Waals surface area (Å²) in [5, 5.41) is 18.7. The number of aryl methyl sites for hydroxylation is 1. The van der Waals surface area contributed by atoms with Gasteiger partial charge in [-0.25, -0.2) is 13.2 Å². The van der Waals surface area contributed by atoms with Crippen molar-refractivity contribution in [2.24, 2.45) is 5.92 Å². The van der Waals surface area contributed by atoms with Crippen molar-refractivity contribution in [3.05, 3.63) is 23.3 Å². The molecule has 114 valence electrons. The first-order chi connectivity index (χ1) is 9.80. The SMILES string of the molecule is Cc1cc(O)c(C(=O)O)cc1S(=O)(=O)N1CC2CCC1C2. The van der Waals surface area contributed by atoms with Crippen molar-refractivity contribution in [2.45, 2.75) is 37.1 Å². The van der Waals surface area contributed by atoms with Crippen LogP contribution in [0.5, 0.6) is 5.75 Å². The van der Waals surface area contributed by atoms with Gasteiger partial charge >= 0.3 is 5.97 Å². The third kappa shape index (κ3) is 2.20. The minimum Gasteiger partial charge on any atom is -0.507 e. The van der Waals surface area contributed by atoms with Crippen LogP contribution in [0.1, 0.15) is 35.2 Å². The summed E-state index contributed by atoms with van der Waals surface area (Å²) in [5.41, 5.74) is -0.0243. The van der Waals surface area contributed by atoms with Gasteiger partial charge in [-0.05, 0) is 49.8 Å². The van der Waals surface area contributed by atoms with Gasteiger partial charge in [0.05, 0.1) is 4.90 Å². The van der Waals surface area contributed by atoms with E-state index < -0.39 is 21.7 Å². The molecule has 2 fully saturated rings. The normalized spacial score (nSPS) is 25.4. The summed E-state index contributed by atoms with van der Waals surface area (Å²) < 4.78 is 27.1. The smallest absolute Gasteiger partial charge is 0.339 e. The Labute approximate surface area is 123 Å². The molecule has 1 aromatic rings. The Balaban J connectivity index is 2.07. The number of carboxylic acid groups (broad SMARTS) is 1. The predicted octanol–water partition coefficient (Wildman–Crippen LogP) is 1.57. The zero-order chi connectivity index (χ0) is 15.4. The predicted molar refractivity (Wildman–Crippen MR) is 74.8 cm³/mol. The molecular weight excluding hydrogens is 294 g/mol. The number of nitrogens with zero attached hydrogens (tertiary/aromatic N) is 1. The molecule has 0 amide bonds. The van der Waals surface area contributed by atoms with Crippen LogP contribution in [0.4, 0.5) is 0 Å². The highest BCUT2D eigenvalue weighted by atomic mass is 32.2. The number of benzene rings is 1. The van der Waals surface area contributed by atoms with Gasteiger partial charge in [0, 0.05) is 12.6 Å². The molecule has 0 spiro atoms. The molecule has 1 saturated heterocycles. The van der Waals surface area contributed by atoms with Crippen LogP contribution < -0.4 is 0 Å². The number of aromatic carboxylic acids is 1. The van der Waals surface area contributed by atoms with Crippen LogP contribution in [0, 0.1) is 12.8 Å². The molecule has 7 heteroatoms. The fraction of sp³-hybridized carbons (Fsp3) is 0.500. The maximum atomic E-state index is 12.8. The molecule has 2 atom stereocenters. The number of carboxylic acids is 1. The minimum absolute atomic E-state index is 0.0229. The summed E-state index contributed by atoms with van der Waals surface area (Å²) in [4.78, 5) is 11.1. The largest absolute Gasteiger partial charge is 0.507 e. The van der Waals surface area contributed by atoms with Crippen LogP contribution in [0.25, 0.3) is 0 Å². The second kappa shape index (κ2) is 4.71. The molecule has 2 bridgehead atoms. The molecule has 3 rings (SSSR count). The second-order valence-electron chi connectivity index (χ2n) is 5.85. The number of sulfonamides is 1. The van der Waals surface area contributed by atoms with Gasteiger partial charge in [0.2, 0.25) is 10.0 Å². The number of carbonyl (C=O) groups is 1. The number of rotatable bonds is 3. The van der Waals surface area contributed by atoms with E-state index in [1.807, 2.05) is 0 Å². The van der Waals surface area contributed by atoms with Crippen molar-refractivity contribution in [3.8, 4) is 5.75 Å². The van der Waals surface area contributed by atoms with Crippen molar-refractivity contribution < 1.29 is 23.4 Å². The number of piperidine rings is 1. The second-order valence-corrected chi connectivity index (χ2v) is 7.71. The van der Waals surface area contributed by atoms with Crippen LogP contribution in [-0.4, -0.2) is 41.5 Å². The third-order valence-electron chi connectivity index (χ3n) is 4.47. The fourth-order valence-corrected chi connectivity index (χ4v) is 5.40. The topological polar surface area (TPSA) is 94.9 Å². The molecule has 6 nitrogen and oxygen atoms in total. The van der Waals surface area contributed by atoms with E-state index in [1.54, 1.807) is 6.92 Å². The lowest BCUT2D eigenvalue weighted by atomic mass is 10.1. The van der Waals surface area contributed by atoms with Crippen LogP contribution in [0.15, 0.2) is 17.0 Å². The van der Waals surface area contributed by atoms with Crippen molar-refractivity contribution in [1.82, 2.24) is 4.31 Å². The Kier molecular flexibility index (Phi) is 3.22. The molecule has 21 heavy (non-hydrogen) atoms. The summed E-state index contributed by atoms with van der Waals surface area (Å²) in [5.74, 6) is -1.34. The van der Waals surface area contributed by atoms with E-state index in [2.05, 4.69) is 0 Å². The van der Waals surface area contributed by atoms with E-state index in [9.17, 15) is 18.3 Å². The summed E-state index contributed by atoms with van der Waals surface area (Å²) in [6.07, 6.45) is 2.82. The first-order valence-electron chi connectivity index (χ1n) is 6.89. The minimum atomic E-state index is -3.71. The van der Waals surface area contributed by atoms with E-state index in [1.165, 1.54) is 10.4 Å². The van der Waals surface area contributed by atoms with Crippen molar-refractivity contribution in [3.63, 3.8) is 0 Å². The Morgan fingerprint density at radius 2 is 2.05 bits per heavy atom. The van der Waals surface area contributed by atoms with Gasteiger partial charge in [0.15, 0.2) is 0 Å². The zero-order valence-corrected chi connectivity index (χ0v) is 12.4. The molecule has 0 radical (unpaired) electrons. The highest BCUT2D eigenvalue weighted by molar-refractivity contribution is 7.89. The fourth-order valence-electron chi connectivity index (χ4n) is 3.42. The molecule has 2 aliphatic rings. The van der Waals surface area contributed by atoms with Gasteiger partial charge in [-0.2, -0.15) is 4.31 Å². The first kappa shape index (κ1) is 14.3. The Morgan fingerprint density at radius 3 is 2.57 bits per heavy atom. The van der Waals surface area contributed by atoms with E-state index in [4.69, 9.17) is 5.11 Å². The van der Waals surface area contributed by atoms with Gasteiger partial charge in [0.25, 0.3) is 0 Å². The average Bonchev–Trinajstić information content (AvgIpc) is 3.00. The highest BCUT2D eigenvalue weighted by Crippen LogP contribution is 2.41. The van der Waals surface area contributed by atoms with Crippen LogP contribution in [0.2, 0.25) is 0 Å². The molecule has 2 unspecified atom stereocenters. The molecule has 1 heterocycles. The summed E-state index contributed by atoms with van der Waals surface area (Å²) >= 11 is 0. The Bertz CT molecular complexity index is 712. The lowest BCUT2D eigenvalue weighted by Crippen LogP contribution is -2.38. The Morgan fingerprint density at radius 1 is 1.33 bits per heavy atom. The molecular formula is C14H17NO5S. The summed E-state index contributed by atoms with van der Waals surface area (Å²) in [6, 6.07) is 2.29. The number of fused-ring (bicyclic) bond motifs is 2. The van der Waals surface area contributed by atoms with Gasteiger partial charge in [-0.15, -0.1) is 0 Å². The van der Waals surface area contributed by atoms with Gasteiger partial charge in [0.1, 0.15) is 11.3 Å². The van der Waals surface area contributed by atoms with Gasteiger partial charge < -0.3 is 10.2 Å². The van der Waals surface area contributed by atoms with E-state index in [0.29, 0.717) is 18.0 Å². The van der Waals surface area contributed by atoms with Crippen LogP contribution in [0.3, 0.4) is 0 Å². The lowest BCUT2D eigenvalue weighted by molar-refractivity contribution is 0.0693. The lowest BCUT2D eigenvalue weighted by Gasteiger charge is -2.27. The van der Waals surface area contributed by atoms with Gasteiger partial charge in [-0.3, -0.25) is 0 Å². The quantitative estimate of drug-likeness (QED) is 0.883. The third-order valence-corrected chi connectivity index (χ3v) is 6.53. The van der Waals surface area contributed by atoms with E-state index >= 15 is 0 Å². The number of hydrogen-bond acceptors (Lipinski definition) is 4. The highest BCUT2D eigenvalue weighted by Gasteiger charge is 2.44. The average molecular weight is 311 g/mol. The van der Waals surface area contributed by atoms with Crippen molar-refractivity contribution in [1.29, 1.82) is 0 Å². The standard InChI is InChI=1S/C14H17NO5S/c1-8-4-12(16)11(14(17)18)6-13(8)21(19,20)15-7-9-2-3-10(15)5-9/h4,6,9-10,16H,2-3,5,7H2,1H3,(H,17,18). The summed E-state index contributed by atoms with van der Waals surface area (Å²) in [6.45, 7) is 2.07. The molecule has 1 saturated carbocycles. The molecule has 1 aliphatic carbocycles. The van der Waals surface area contributed by atoms with E-state index in [0.717, 1.165) is 25.3 Å². The first-order valence-corrected chi connectivity index (χ1v) is 8.33. The van der Waals surface area contributed by atoms with Crippen LogP contribution >= 0.6 is 0 Å². The molecule has 2 N–H and O–H groups in total.